The zero-order valence-electron chi connectivity index (χ0n) is 14.2. The number of benzene rings is 3. The minimum absolute atomic E-state index is 0.0111. The van der Waals surface area contributed by atoms with Crippen LogP contribution in [0.5, 0.6) is 5.75 Å². The van der Waals surface area contributed by atoms with E-state index in [0.717, 1.165) is 38.8 Å². The molecule has 1 N–H and O–H groups in total. The third-order valence-corrected chi connectivity index (χ3v) is 4.79. The number of hydrogen-bond donors (Lipinski definition) is 1. The van der Waals surface area contributed by atoms with Crippen molar-refractivity contribution in [1.29, 1.82) is 0 Å². The van der Waals surface area contributed by atoms with Crippen molar-refractivity contribution < 1.29 is 14.6 Å². The maximum absolute atomic E-state index is 12.3. The highest BCUT2D eigenvalue weighted by atomic mass is 16.5. The van der Waals surface area contributed by atoms with Gasteiger partial charge in [0.05, 0.1) is 7.11 Å². The number of carbonyl (C=O) groups is 1. The van der Waals surface area contributed by atoms with Crippen molar-refractivity contribution >= 4 is 22.1 Å². The standard InChI is InChI=1S/C22H18O3/c1-13(23)17-9-7-14-5-3-4-6-18(14)21(17)22-19-10-8-16(25-2)11-15(19)12-20(22)24/h3-11,24H,12H2,1-2H3. The van der Waals surface area contributed by atoms with E-state index in [0.29, 0.717) is 17.7 Å². The highest BCUT2D eigenvalue weighted by molar-refractivity contribution is 6.10. The Bertz CT molecular complexity index is 1040. The molecule has 0 heterocycles. The van der Waals surface area contributed by atoms with E-state index >= 15 is 0 Å². The normalized spacial score (nSPS) is 13.2. The lowest BCUT2D eigenvalue weighted by Gasteiger charge is -2.14. The van der Waals surface area contributed by atoms with Crippen molar-refractivity contribution in [2.45, 2.75) is 13.3 Å². The smallest absolute Gasteiger partial charge is 0.160 e. The molecule has 0 unspecified atom stereocenters. The van der Waals surface area contributed by atoms with E-state index in [1.54, 1.807) is 14.0 Å². The summed E-state index contributed by atoms with van der Waals surface area (Å²) in [6.07, 6.45) is 0.447. The second-order valence-electron chi connectivity index (χ2n) is 6.29. The molecule has 0 aromatic heterocycles. The molecule has 0 spiro atoms. The highest BCUT2D eigenvalue weighted by Crippen LogP contribution is 2.42. The molecule has 0 saturated heterocycles. The maximum atomic E-state index is 12.3. The first-order chi connectivity index (χ1) is 12.1. The SMILES string of the molecule is COc1ccc2c(c1)CC(O)=C2c1c(C(C)=O)ccc2ccccc12. The maximum Gasteiger partial charge on any atom is 0.160 e. The van der Waals surface area contributed by atoms with Crippen LogP contribution in [0.1, 0.15) is 34.0 Å². The minimum atomic E-state index is -0.0111. The summed E-state index contributed by atoms with van der Waals surface area (Å²) in [5.74, 6) is 1.04. The van der Waals surface area contributed by atoms with Gasteiger partial charge in [-0.15, -0.1) is 0 Å². The molecule has 0 saturated carbocycles. The van der Waals surface area contributed by atoms with Gasteiger partial charge >= 0.3 is 0 Å². The number of carbonyl (C=O) groups excluding carboxylic acids is 1. The Hall–Kier alpha value is -3.07. The summed E-state index contributed by atoms with van der Waals surface area (Å²) in [6.45, 7) is 1.56. The van der Waals surface area contributed by atoms with Gasteiger partial charge in [-0.1, -0.05) is 42.5 Å². The number of fused-ring (bicyclic) bond motifs is 2. The van der Waals surface area contributed by atoms with Crippen LogP contribution in [0.15, 0.2) is 60.4 Å². The van der Waals surface area contributed by atoms with Gasteiger partial charge in [-0.25, -0.2) is 0 Å². The number of ketones is 1. The van der Waals surface area contributed by atoms with Crippen LogP contribution in [0.25, 0.3) is 16.3 Å². The van der Waals surface area contributed by atoms with E-state index in [2.05, 4.69) is 0 Å². The molecular weight excluding hydrogens is 312 g/mol. The Morgan fingerprint density at radius 2 is 1.88 bits per heavy atom. The van der Waals surface area contributed by atoms with Gasteiger partial charge in [-0.2, -0.15) is 0 Å². The largest absolute Gasteiger partial charge is 0.511 e. The molecular formula is C22H18O3. The monoisotopic (exact) mass is 330 g/mol. The van der Waals surface area contributed by atoms with Crippen LogP contribution >= 0.6 is 0 Å². The number of hydrogen-bond acceptors (Lipinski definition) is 3. The molecule has 0 radical (unpaired) electrons. The molecule has 3 nitrogen and oxygen atoms in total. The van der Waals surface area contributed by atoms with E-state index in [1.807, 2.05) is 54.6 Å². The van der Waals surface area contributed by atoms with Crippen LogP contribution in [0, 0.1) is 0 Å². The molecule has 1 aliphatic carbocycles. The fraction of sp³-hybridized carbons (Fsp3) is 0.136. The summed E-state index contributed by atoms with van der Waals surface area (Å²) in [6, 6.07) is 17.5. The molecule has 0 amide bonds. The van der Waals surface area contributed by atoms with Crippen molar-refractivity contribution in [3.8, 4) is 5.75 Å². The van der Waals surface area contributed by atoms with Crippen LogP contribution in [0.2, 0.25) is 0 Å². The number of rotatable bonds is 3. The van der Waals surface area contributed by atoms with Crippen molar-refractivity contribution in [3.63, 3.8) is 0 Å². The summed E-state index contributed by atoms with van der Waals surface area (Å²) in [5, 5.41) is 12.7. The lowest BCUT2D eigenvalue weighted by atomic mass is 9.88. The molecule has 0 aliphatic heterocycles. The zero-order valence-corrected chi connectivity index (χ0v) is 14.2. The first-order valence-corrected chi connectivity index (χ1v) is 8.22. The van der Waals surface area contributed by atoms with Gasteiger partial charge in [0.25, 0.3) is 0 Å². The summed E-state index contributed by atoms with van der Waals surface area (Å²) < 4.78 is 5.29. The summed E-state index contributed by atoms with van der Waals surface area (Å²) in [7, 11) is 1.63. The summed E-state index contributed by atoms with van der Waals surface area (Å²) in [5.41, 5.74) is 4.15. The molecule has 3 aromatic rings. The lowest BCUT2D eigenvalue weighted by molar-refractivity contribution is 0.101. The van der Waals surface area contributed by atoms with Gasteiger partial charge in [0.2, 0.25) is 0 Å². The number of aliphatic hydroxyl groups is 1. The fourth-order valence-corrected chi connectivity index (χ4v) is 3.62. The van der Waals surface area contributed by atoms with Crippen LogP contribution in [0.3, 0.4) is 0 Å². The van der Waals surface area contributed by atoms with Gasteiger partial charge < -0.3 is 9.84 Å². The summed E-state index contributed by atoms with van der Waals surface area (Å²) >= 11 is 0. The van der Waals surface area contributed by atoms with E-state index in [-0.39, 0.29) is 5.78 Å². The molecule has 3 heteroatoms. The van der Waals surface area contributed by atoms with E-state index < -0.39 is 0 Å². The topological polar surface area (TPSA) is 46.5 Å². The van der Waals surface area contributed by atoms with Crippen molar-refractivity contribution in [1.82, 2.24) is 0 Å². The van der Waals surface area contributed by atoms with Gasteiger partial charge in [-0.05, 0) is 41.0 Å². The molecule has 0 fully saturated rings. The summed E-state index contributed by atoms with van der Waals surface area (Å²) in [4.78, 5) is 12.3. The van der Waals surface area contributed by atoms with Gasteiger partial charge in [-0.3, -0.25) is 4.79 Å². The molecule has 0 bridgehead atoms. The third kappa shape index (κ3) is 2.40. The highest BCUT2D eigenvalue weighted by Gasteiger charge is 2.27. The van der Waals surface area contributed by atoms with E-state index in [9.17, 15) is 9.90 Å². The minimum Gasteiger partial charge on any atom is -0.511 e. The molecule has 4 rings (SSSR count). The quantitative estimate of drug-likeness (QED) is 0.693. The Morgan fingerprint density at radius 1 is 1.08 bits per heavy atom. The Labute approximate surface area is 146 Å². The zero-order chi connectivity index (χ0) is 17.6. The van der Waals surface area contributed by atoms with Crippen LogP contribution < -0.4 is 4.74 Å². The predicted molar refractivity (Wildman–Crippen MR) is 99.3 cm³/mol. The van der Waals surface area contributed by atoms with E-state index in [4.69, 9.17) is 4.74 Å². The molecule has 124 valence electrons. The van der Waals surface area contributed by atoms with Crippen LogP contribution in [-0.2, 0) is 6.42 Å². The Kier molecular flexibility index (Phi) is 3.57. The first kappa shape index (κ1) is 15.5. The second-order valence-corrected chi connectivity index (χ2v) is 6.29. The Balaban J connectivity index is 2.04. The van der Waals surface area contributed by atoms with Crippen LogP contribution in [0.4, 0.5) is 0 Å². The fourth-order valence-electron chi connectivity index (χ4n) is 3.62. The van der Waals surface area contributed by atoms with Gasteiger partial charge in [0.15, 0.2) is 5.78 Å². The first-order valence-electron chi connectivity index (χ1n) is 8.22. The second kappa shape index (κ2) is 5.78. The number of ether oxygens (including phenoxy) is 1. The molecule has 25 heavy (non-hydrogen) atoms. The number of methoxy groups -OCH3 is 1. The lowest BCUT2D eigenvalue weighted by Crippen LogP contribution is -2.02. The molecule has 0 atom stereocenters. The molecule has 3 aromatic carbocycles. The average molecular weight is 330 g/mol. The van der Waals surface area contributed by atoms with Crippen LogP contribution in [-0.4, -0.2) is 18.0 Å². The van der Waals surface area contributed by atoms with E-state index in [1.165, 1.54) is 0 Å². The Morgan fingerprint density at radius 3 is 2.64 bits per heavy atom. The number of aliphatic hydroxyl groups excluding tert-OH is 1. The van der Waals surface area contributed by atoms with Crippen molar-refractivity contribution in [3.05, 3.63) is 82.6 Å². The van der Waals surface area contributed by atoms with Crippen molar-refractivity contribution in [2.75, 3.05) is 7.11 Å². The van der Waals surface area contributed by atoms with Gasteiger partial charge in [0, 0.05) is 23.1 Å². The third-order valence-electron chi connectivity index (χ3n) is 4.79. The molecule has 1 aliphatic rings. The number of allylic oxidation sites excluding steroid dienone is 1. The predicted octanol–water partition coefficient (Wildman–Crippen LogP) is 4.92. The van der Waals surface area contributed by atoms with Crippen molar-refractivity contribution in [2.24, 2.45) is 0 Å². The van der Waals surface area contributed by atoms with Gasteiger partial charge in [0.1, 0.15) is 11.5 Å². The number of Topliss-reactive ketones (excluding diaryl/α,β-unsaturated/α-hetero) is 1. The average Bonchev–Trinajstić information content (AvgIpc) is 2.95.